The molecule has 2 nitrogen and oxygen atoms in total. The SMILES string of the molecule is O=C(Cc1cccc(Cl)c1)c1cccc(OC2CC2)c1. The minimum atomic E-state index is 0.0773. The Morgan fingerprint density at radius 3 is 2.70 bits per heavy atom. The van der Waals surface area contributed by atoms with Crippen LogP contribution in [0, 0.1) is 0 Å². The number of carbonyl (C=O) groups is 1. The van der Waals surface area contributed by atoms with E-state index in [1.54, 1.807) is 6.07 Å². The Balaban J connectivity index is 1.72. The predicted octanol–water partition coefficient (Wildman–Crippen LogP) is 4.31. The van der Waals surface area contributed by atoms with E-state index >= 15 is 0 Å². The smallest absolute Gasteiger partial charge is 0.167 e. The third-order valence-electron chi connectivity index (χ3n) is 3.24. The Morgan fingerprint density at radius 2 is 1.95 bits per heavy atom. The summed E-state index contributed by atoms with van der Waals surface area (Å²) in [5, 5.41) is 0.654. The molecule has 0 aromatic heterocycles. The molecule has 3 rings (SSSR count). The van der Waals surface area contributed by atoms with Crippen LogP contribution >= 0.6 is 11.6 Å². The van der Waals surface area contributed by atoms with Crippen molar-refractivity contribution in [2.24, 2.45) is 0 Å². The van der Waals surface area contributed by atoms with E-state index in [1.165, 1.54) is 0 Å². The summed E-state index contributed by atoms with van der Waals surface area (Å²) in [6, 6.07) is 14.8. The number of halogens is 1. The van der Waals surface area contributed by atoms with Crippen LogP contribution in [0.15, 0.2) is 48.5 Å². The lowest BCUT2D eigenvalue weighted by atomic mass is 10.0. The Bertz CT molecular complexity index is 632. The van der Waals surface area contributed by atoms with Gasteiger partial charge in [0.15, 0.2) is 5.78 Å². The molecule has 102 valence electrons. The zero-order valence-electron chi connectivity index (χ0n) is 11.0. The van der Waals surface area contributed by atoms with Crippen LogP contribution in [0.4, 0.5) is 0 Å². The summed E-state index contributed by atoms with van der Waals surface area (Å²) in [6.45, 7) is 0. The Morgan fingerprint density at radius 1 is 1.15 bits per heavy atom. The first-order chi connectivity index (χ1) is 9.70. The average Bonchev–Trinajstić information content (AvgIpc) is 3.23. The van der Waals surface area contributed by atoms with Crippen molar-refractivity contribution in [2.75, 3.05) is 0 Å². The van der Waals surface area contributed by atoms with Crippen LogP contribution < -0.4 is 4.74 Å². The minimum absolute atomic E-state index is 0.0773. The summed E-state index contributed by atoms with van der Waals surface area (Å²) < 4.78 is 5.71. The average molecular weight is 287 g/mol. The number of hydrogen-bond acceptors (Lipinski definition) is 2. The van der Waals surface area contributed by atoms with Gasteiger partial charge >= 0.3 is 0 Å². The molecule has 0 atom stereocenters. The fraction of sp³-hybridized carbons (Fsp3) is 0.235. The second-order valence-corrected chi connectivity index (χ2v) is 5.51. The number of ether oxygens (including phenoxy) is 1. The summed E-state index contributed by atoms with van der Waals surface area (Å²) in [4.78, 5) is 12.3. The molecular weight excluding hydrogens is 272 g/mol. The van der Waals surface area contributed by atoms with Gasteiger partial charge in [-0.1, -0.05) is 35.9 Å². The predicted molar refractivity (Wildman–Crippen MR) is 79.6 cm³/mol. The van der Waals surface area contributed by atoms with E-state index in [2.05, 4.69) is 0 Å². The molecule has 20 heavy (non-hydrogen) atoms. The molecule has 2 aromatic carbocycles. The summed E-state index contributed by atoms with van der Waals surface area (Å²) >= 11 is 5.93. The van der Waals surface area contributed by atoms with Gasteiger partial charge in [0.1, 0.15) is 5.75 Å². The van der Waals surface area contributed by atoms with Crippen molar-refractivity contribution in [3.05, 3.63) is 64.7 Å². The standard InChI is InChI=1S/C17H15ClO2/c18-14-5-1-3-12(9-14)10-17(19)13-4-2-6-16(11-13)20-15-7-8-15/h1-6,9,11,15H,7-8,10H2. The molecule has 0 amide bonds. The van der Waals surface area contributed by atoms with Crippen molar-refractivity contribution in [1.82, 2.24) is 0 Å². The fourth-order valence-electron chi connectivity index (χ4n) is 2.06. The Labute approximate surface area is 123 Å². The van der Waals surface area contributed by atoms with Gasteiger partial charge in [0.05, 0.1) is 6.10 Å². The number of Topliss-reactive ketones (excluding diaryl/α,β-unsaturated/α-hetero) is 1. The fourth-order valence-corrected chi connectivity index (χ4v) is 2.27. The summed E-state index contributed by atoms with van der Waals surface area (Å²) in [5.41, 5.74) is 1.61. The number of rotatable bonds is 5. The maximum Gasteiger partial charge on any atom is 0.167 e. The van der Waals surface area contributed by atoms with Gasteiger partial charge in [-0.3, -0.25) is 4.79 Å². The molecule has 2 aromatic rings. The first-order valence-electron chi connectivity index (χ1n) is 6.75. The first kappa shape index (κ1) is 13.2. The lowest BCUT2D eigenvalue weighted by Gasteiger charge is -2.07. The van der Waals surface area contributed by atoms with Crippen LogP contribution in [0.1, 0.15) is 28.8 Å². The van der Waals surface area contributed by atoms with Crippen LogP contribution in [-0.2, 0) is 6.42 Å². The summed E-state index contributed by atoms with van der Waals surface area (Å²) in [5.74, 6) is 0.859. The monoisotopic (exact) mass is 286 g/mol. The molecule has 1 fully saturated rings. The highest BCUT2D eigenvalue weighted by Crippen LogP contribution is 2.27. The van der Waals surface area contributed by atoms with Crippen molar-refractivity contribution in [1.29, 1.82) is 0 Å². The minimum Gasteiger partial charge on any atom is -0.490 e. The largest absolute Gasteiger partial charge is 0.490 e. The van der Waals surface area contributed by atoms with Gasteiger partial charge < -0.3 is 4.74 Å². The zero-order valence-corrected chi connectivity index (χ0v) is 11.8. The van der Waals surface area contributed by atoms with E-state index in [0.29, 0.717) is 23.1 Å². The maximum absolute atomic E-state index is 12.3. The molecule has 0 N–H and O–H groups in total. The topological polar surface area (TPSA) is 26.3 Å². The molecule has 0 spiro atoms. The molecule has 0 radical (unpaired) electrons. The Kier molecular flexibility index (Phi) is 3.75. The van der Waals surface area contributed by atoms with E-state index in [4.69, 9.17) is 16.3 Å². The van der Waals surface area contributed by atoms with Crippen molar-refractivity contribution in [3.8, 4) is 5.75 Å². The van der Waals surface area contributed by atoms with E-state index in [0.717, 1.165) is 24.2 Å². The molecule has 0 unspecified atom stereocenters. The Hall–Kier alpha value is -1.80. The molecule has 0 heterocycles. The van der Waals surface area contributed by atoms with Crippen LogP contribution in [0.3, 0.4) is 0 Å². The highest BCUT2D eigenvalue weighted by molar-refractivity contribution is 6.30. The van der Waals surface area contributed by atoms with Gasteiger partial charge in [-0.05, 0) is 42.7 Å². The third-order valence-corrected chi connectivity index (χ3v) is 3.47. The van der Waals surface area contributed by atoms with E-state index < -0.39 is 0 Å². The maximum atomic E-state index is 12.3. The molecular formula is C17H15ClO2. The van der Waals surface area contributed by atoms with Gasteiger partial charge in [-0.2, -0.15) is 0 Å². The lowest BCUT2D eigenvalue weighted by molar-refractivity contribution is 0.0992. The number of hydrogen-bond donors (Lipinski definition) is 0. The quantitative estimate of drug-likeness (QED) is 0.766. The summed E-state index contributed by atoms with van der Waals surface area (Å²) in [7, 11) is 0. The second-order valence-electron chi connectivity index (χ2n) is 5.07. The van der Waals surface area contributed by atoms with Crippen molar-refractivity contribution < 1.29 is 9.53 Å². The molecule has 3 heteroatoms. The highest BCUT2D eigenvalue weighted by Gasteiger charge is 2.23. The molecule has 0 aliphatic heterocycles. The van der Waals surface area contributed by atoms with Crippen LogP contribution in [-0.4, -0.2) is 11.9 Å². The molecule has 0 saturated heterocycles. The molecule has 1 aliphatic rings. The highest BCUT2D eigenvalue weighted by atomic mass is 35.5. The molecule has 0 bridgehead atoms. The van der Waals surface area contributed by atoms with E-state index in [9.17, 15) is 4.79 Å². The number of carbonyl (C=O) groups excluding carboxylic acids is 1. The van der Waals surface area contributed by atoms with Gasteiger partial charge in [-0.25, -0.2) is 0 Å². The van der Waals surface area contributed by atoms with Crippen LogP contribution in [0.25, 0.3) is 0 Å². The van der Waals surface area contributed by atoms with E-state index in [-0.39, 0.29) is 5.78 Å². The van der Waals surface area contributed by atoms with Crippen molar-refractivity contribution in [3.63, 3.8) is 0 Å². The van der Waals surface area contributed by atoms with Gasteiger partial charge in [-0.15, -0.1) is 0 Å². The molecule has 1 saturated carbocycles. The van der Waals surface area contributed by atoms with Crippen molar-refractivity contribution >= 4 is 17.4 Å². The normalized spacial score (nSPS) is 14.1. The molecule has 1 aliphatic carbocycles. The van der Waals surface area contributed by atoms with E-state index in [1.807, 2.05) is 42.5 Å². The summed E-state index contributed by atoms with van der Waals surface area (Å²) in [6.07, 6.45) is 2.92. The number of ketones is 1. The van der Waals surface area contributed by atoms with Crippen LogP contribution in [0.5, 0.6) is 5.75 Å². The van der Waals surface area contributed by atoms with Gasteiger partial charge in [0, 0.05) is 17.0 Å². The lowest BCUT2D eigenvalue weighted by Crippen LogP contribution is -2.04. The number of benzene rings is 2. The second kappa shape index (κ2) is 5.68. The van der Waals surface area contributed by atoms with Crippen molar-refractivity contribution in [2.45, 2.75) is 25.4 Å². The zero-order chi connectivity index (χ0) is 13.9. The third kappa shape index (κ3) is 3.40. The first-order valence-corrected chi connectivity index (χ1v) is 7.13. The van der Waals surface area contributed by atoms with Gasteiger partial charge in [0.25, 0.3) is 0 Å². The van der Waals surface area contributed by atoms with Crippen LogP contribution in [0.2, 0.25) is 5.02 Å². The van der Waals surface area contributed by atoms with Gasteiger partial charge in [0.2, 0.25) is 0 Å².